The second-order valence-electron chi connectivity index (χ2n) is 6.26. The van der Waals surface area contributed by atoms with E-state index in [1.807, 2.05) is 59.2 Å². The zero-order valence-electron chi connectivity index (χ0n) is 15.6. The predicted octanol–water partition coefficient (Wildman–Crippen LogP) is 7.07. The van der Waals surface area contributed by atoms with Gasteiger partial charge in [-0.2, -0.15) is 0 Å². The summed E-state index contributed by atoms with van der Waals surface area (Å²) in [5, 5.41) is 11.4. The monoisotopic (exact) mass is 475 g/mol. The van der Waals surface area contributed by atoms with Crippen LogP contribution in [-0.2, 0) is 0 Å². The highest BCUT2D eigenvalue weighted by molar-refractivity contribution is 7.99. The summed E-state index contributed by atoms with van der Waals surface area (Å²) in [6.07, 6.45) is 0. The first kappa shape index (κ1) is 21.1. The molecule has 0 radical (unpaired) electrons. The van der Waals surface area contributed by atoms with Crippen molar-refractivity contribution >= 4 is 46.6 Å². The van der Waals surface area contributed by atoms with Gasteiger partial charge in [-0.15, -0.1) is 10.2 Å². The fourth-order valence-corrected chi connectivity index (χ4v) is 4.19. The molecule has 1 aromatic heterocycles. The molecule has 8 heteroatoms. The van der Waals surface area contributed by atoms with Crippen LogP contribution in [0.4, 0.5) is 0 Å². The molecule has 4 nitrogen and oxygen atoms in total. The summed E-state index contributed by atoms with van der Waals surface area (Å²) in [6, 6.07) is 22.7. The van der Waals surface area contributed by atoms with Crippen LogP contribution in [0, 0.1) is 0 Å². The first-order valence-electron chi connectivity index (χ1n) is 9.09. The Morgan fingerprint density at radius 2 is 1.57 bits per heavy atom. The van der Waals surface area contributed by atoms with E-state index in [0.717, 1.165) is 22.2 Å². The Kier molecular flexibility index (Phi) is 6.85. The summed E-state index contributed by atoms with van der Waals surface area (Å²) in [5.74, 6) is 2.03. The lowest BCUT2D eigenvalue weighted by Gasteiger charge is -2.11. The van der Waals surface area contributed by atoms with E-state index in [-0.39, 0.29) is 0 Å². The van der Waals surface area contributed by atoms with Gasteiger partial charge in [0.15, 0.2) is 11.0 Å². The molecule has 0 saturated heterocycles. The molecule has 0 aliphatic carbocycles. The molecular formula is C22H16Cl3N3OS. The third-order valence-corrected chi connectivity index (χ3v) is 5.89. The van der Waals surface area contributed by atoms with Crippen LogP contribution < -0.4 is 4.74 Å². The summed E-state index contributed by atoms with van der Waals surface area (Å²) in [7, 11) is 0. The van der Waals surface area contributed by atoms with Gasteiger partial charge in [0.1, 0.15) is 5.75 Å². The molecule has 0 bridgehead atoms. The number of nitrogens with zero attached hydrogens (tertiary/aromatic N) is 3. The van der Waals surface area contributed by atoms with Gasteiger partial charge in [-0.3, -0.25) is 4.57 Å². The largest absolute Gasteiger partial charge is 0.491 e. The van der Waals surface area contributed by atoms with Crippen molar-refractivity contribution in [2.24, 2.45) is 0 Å². The number of para-hydroxylation sites is 1. The Morgan fingerprint density at radius 3 is 2.30 bits per heavy atom. The summed E-state index contributed by atoms with van der Waals surface area (Å²) in [6.45, 7) is 0.462. The number of thioether (sulfide) groups is 1. The van der Waals surface area contributed by atoms with Gasteiger partial charge >= 0.3 is 0 Å². The first-order valence-corrected chi connectivity index (χ1v) is 11.2. The standard InChI is InChI=1S/C22H16Cl3N3OS/c23-16-8-6-15(7-9-16)21-26-27-22(28(21)18-4-2-1-3-5-18)30-13-12-29-20-11-10-17(24)14-19(20)25/h1-11,14H,12-13H2. The van der Waals surface area contributed by atoms with E-state index in [2.05, 4.69) is 10.2 Å². The summed E-state index contributed by atoms with van der Waals surface area (Å²) < 4.78 is 7.81. The molecule has 152 valence electrons. The molecule has 4 rings (SSSR count). The van der Waals surface area contributed by atoms with Crippen LogP contribution in [0.3, 0.4) is 0 Å². The van der Waals surface area contributed by atoms with Crippen molar-refractivity contribution < 1.29 is 4.74 Å². The number of hydrogen-bond acceptors (Lipinski definition) is 4. The lowest BCUT2D eigenvalue weighted by atomic mass is 10.2. The van der Waals surface area contributed by atoms with E-state index < -0.39 is 0 Å². The van der Waals surface area contributed by atoms with Crippen LogP contribution in [0.15, 0.2) is 78.0 Å². The highest BCUT2D eigenvalue weighted by Gasteiger charge is 2.16. The number of hydrogen-bond donors (Lipinski definition) is 0. The molecule has 3 aromatic carbocycles. The van der Waals surface area contributed by atoms with Gasteiger partial charge in [0.2, 0.25) is 0 Å². The first-order chi connectivity index (χ1) is 14.6. The minimum Gasteiger partial charge on any atom is -0.491 e. The van der Waals surface area contributed by atoms with Gasteiger partial charge in [-0.1, -0.05) is 64.8 Å². The van der Waals surface area contributed by atoms with Gasteiger partial charge in [-0.05, 0) is 54.6 Å². The molecule has 1 heterocycles. The zero-order valence-corrected chi connectivity index (χ0v) is 18.7. The second-order valence-corrected chi connectivity index (χ2v) is 8.60. The minimum absolute atomic E-state index is 0.462. The van der Waals surface area contributed by atoms with Crippen LogP contribution in [0.25, 0.3) is 17.1 Å². The maximum Gasteiger partial charge on any atom is 0.196 e. The van der Waals surface area contributed by atoms with Gasteiger partial charge in [0, 0.05) is 27.0 Å². The predicted molar refractivity (Wildman–Crippen MR) is 124 cm³/mol. The molecule has 0 amide bonds. The molecule has 0 unspecified atom stereocenters. The molecule has 0 N–H and O–H groups in total. The lowest BCUT2D eigenvalue weighted by Crippen LogP contribution is -2.03. The average Bonchev–Trinajstić information content (AvgIpc) is 3.17. The van der Waals surface area contributed by atoms with Crippen molar-refractivity contribution in [3.63, 3.8) is 0 Å². The number of halogens is 3. The van der Waals surface area contributed by atoms with Crippen LogP contribution in [0.1, 0.15) is 0 Å². The molecular weight excluding hydrogens is 461 g/mol. The van der Waals surface area contributed by atoms with Crippen molar-refractivity contribution in [1.29, 1.82) is 0 Å². The second kappa shape index (κ2) is 9.75. The Balaban J connectivity index is 1.53. The van der Waals surface area contributed by atoms with Crippen LogP contribution in [0.5, 0.6) is 5.75 Å². The fourth-order valence-electron chi connectivity index (χ4n) is 2.84. The molecule has 0 atom stereocenters. The van der Waals surface area contributed by atoms with Crippen molar-refractivity contribution in [3.8, 4) is 22.8 Å². The molecule has 0 fully saturated rings. The van der Waals surface area contributed by atoms with E-state index >= 15 is 0 Å². The van der Waals surface area contributed by atoms with Gasteiger partial charge < -0.3 is 4.74 Å². The zero-order chi connectivity index (χ0) is 20.9. The third-order valence-electron chi connectivity index (χ3n) is 4.22. The van der Waals surface area contributed by atoms with E-state index in [1.165, 1.54) is 0 Å². The number of aromatic nitrogens is 3. The molecule has 30 heavy (non-hydrogen) atoms. The van der Waals surface area contributed by atoms with Gasteiger partial charge in [-0.25, -0.2) is 0 Å². The van der Waals surface area contributed by atoms with E-state index in [0.29, 0.717) is 33.2 Å². The van der Waals surface area contributed by atoms with Crippen LogP contribution >= 0.6 is 46.6 Å². The maximum atomic E-state index is 6.16. The topological polar surface area (TPSA) is 39.9 Å². The molecule has 0 aliphatic heterocycles. The summed E-state index contributed by atoms with van der Waals surface area (Å²) in [5.41, 5.74) is 1.92. The number of rotatable bonds is 7. The summed E-state index contributed by atoms with van der Waals surface area (Å²) in [4.78, 5) is 0. The molecule has 0 spiro atoms. The maximum absolute atomic E-state index is 6.16. The van der Waals surface area contributed by atoms with E-state index in [1.54, 1.807) is 30.0 Å². The van der Waals surface area contributed by atoms with E-state index in [4.69, 9.17) is 39.5 Å². The van der Waals surface area contributed by atoms with Crippen molar-refractivity contribution in [2.75, 3.05) is 12.4 Å². The normalized spacial score (nSPS) is 10.9. The third kappa shape index (κ3) is 4.93. The van der Waals surface area contributed by atoms with Crippen molar-refractivity contribution in [1.82, 2.24) is 14.8 Å². The minimum atomic E-state index is 0.462. The van der Waals surface area contributed by atoms with Gasteiger partial charge in [0.25, 0.3) is 0 Å². The molecule has 0 aliphatic rings. The Labute approximate surface area is 193 Å². The molecule has 0 saturated carbocycles. The number of ether oxygens (including phenoxy) is 1. The smallest absolute Gasteiger partial charge is 0.196 e. The number of benzene rings is 3. The van der Waals surface area contributed by atoms with E-state index in [9.17, 15) is 0 Å². The highest BCUT2D eigenvalue weighted by Crippen LogP contribution is 2.30. The van der Waals surface area contributed by atoms with Gasteiger partial charge in [0.05, 0.1) is 11.6 Å². The molecule has 4 aromatic rings. The van der Waals surface area contributed by atoms with Crippen LogP contribution in [0.2, 0.25) is 15.1 Å². The quantitative estimate of drug-likeness (QED) is 0.211. The lowest BCUT2D eigenvalue weighted by molar-refractivity contribution is 0.344. The average molecular weight is 477 g/mol. The highest BCUT2D eigenvalue weighted by atomic mass is 35.5. The fraction of sp³-hybridized carbons (Fsp3) is 0.0909. The van der Waals surface area contributed by atoms with Crippen LogP contribution in [-0.4, -0.2) is 27.1 Å². The Morgan fingerprint density at radius 1 is 0.833 bits per heavy atom. The van der Waals surface area contributed by atoms with Crippen molar-refractivity contribution in [2.45, 2.75) is 5.16 Å². The SMILES string of the molecule is Clc1ccc(-c2nnc(SCCOc3ccc(Cl)cc3Cl)n2-c2ccccc2)cc1. The summed E-state index contributed by atoms with van der Waals surface area (Å²) >= 11 is 19.7. The van der Waals surface area contributed by atoms with Crippen molar-refractivity contribution in [3.05, 3.63) is 87.9 Å². The Hall–Kier alpha value is -2.18. The Bertz CT molecular complexity index is 1130.